The number of amides is 1. The summed E-state index contributed by atoms with van der Waals surface area (Å²) < 4.78 is 5.73. The SMILES string of the molecule is Cc1cc(Cl)ccc1O[C@H](C)C(=O)NCC1CCCCC1. The van der Waals surface area contributed by atoms with E-state index < -0.39 is 6.10 Å². The Bertz CT molecular complexity index is 484. The van der Waals surface area contributed by atoms with Crippen molar-refractivity contribution in [3.8, 4) is 5.75 Å². The number of benzene rings is 1. The van der Waals surface area contributed by atoms with Gasteiger partial charge in [0.05, 0.1) is 0 Å². The molecule has 0 radical (unpaired) electrons. The summed E-state index contributed by atoms with van der Waals surface area (Å²) in [5.41, 5.74) is 0.939. The standard InChI is InChI=1S/C17H24ClNO2/c1-12-10-15(18)8-9-16(12)21-13(2)17(20)19-11-14-6-4-3-5-7-14/h8-10,13-14H,3-7,11H2,1-2H3,(H,19,20)/t13-/m1/s1. The van der Waals surface area contributed by atoms with Crippen molar-refractivity contribution < 1.29 is 9.53 Å². The van der Waals surface area contributed by atoms with E-state index in [2.05, 4.69) is 5.32 Å². The number of hydrogen-bond acceptors (Lipinski definition) is 2. The van der Waals surface area contributed by atoms with Gasteiger partial charge in [-0.2, -0.15) is 0 Å². The van der Waals surface area contributed by atoms with Gasteiger partial charge in [-0.15, -0.1) is 0 Å². The van der Waals surface area contributed by atoms with E-state index in [1.807, 2.05) is 19.1 Å². The van der Waals surface area contributed by atoms with Gasteiger partial charge in [0.25, 0.3) is 5.91 Å². The largest absolute Gasteiger partial charge is 0.481 e. The molecule has 1 aliphatic carbocycles. The molecule has 3 nitrogen and oxygen atoms in total. The Balaban J connectivity index is 1.81. The fraction of sp³-hybridized carbons (Fsp3) is 0.588. The highest BCUT2D eigenvalue weighted by molar-refractivity contribution is 6.30. The zero-order valence-electron chi connectivity index (χ0n) is 12.8. The van der Waals surface area contributed by atoms with E-state index in [-0.39, 0.29) is 5.91 Å². The second kappa shape index (κ2) is 7.69. The molecular weight excluding hydrogens is 286 g/mol. The molecule has 1 aliphatic rings. The minimum absolute atomic E-state index is 0.0464. The molecule has 0 spiro atoms. The molecular formula is C17H24ClNO2. The van der Waals surface area contributed by atoms with Gasteiger partial charge in [-0.1, -0.05) is 30.9 Å². The predicted molar refractivity (Wildman–Crippen MR) is 85.9 cm³/mol. The van der Waals surface area contributed by atoms with E-state index in [9.17, 15) is 4.79 Å². The molecule has 1 atom stereocenters. The summed E-state index contributed by atoms with van der Waals surface area (Å²) in [6, 6.07) is 5.42. The predicted octanol–water partition coefficient (Wildman–Crippen LogP) is 4.11. The van der Waals surface area contributed by atoms with Crippen LogP contribution in [0.5, 0.6) is 5.75 Å². The second-order valence-electron chi connectivity index (χ2n) is 5.92. The van der Waals surface area contributed by atoms with Crippen LogP contribution in [0.15, 0.2) is 18.2 Å². The first kappa shape index (κ1) is 16.2. The lowest BCUT2D eigenvalue weighted by Gasteiger charge is -2.23. The summed E-state index contributed by atoms with van der Waals surface area (Å²) in [7, 11) is 0. The van der Waals surface area contributed by atoms with E-state index in [4.69, 9.17) is 16.3 Å². The third kappa shape index (κ3) is 4.92. The Hall–Kier alpha value is -1.22. The summed E-state index contributed by atoms with van der Waals surface area (Å²) in [6.45, 7) is 4.48. The van der Waals surface area contributed by atoms with Crippen LogP contribution in [0.2, 0.25) is 5.02 Å². The third-order valence-corrected chi connectivity index (χ3v) is 4.33. The lowest BCUT2D eigenvalue weighted by atomic mass is 9.89. The lowest BCUT2D eigenvalue weighted by molar-refractivity contribution is -0.127. The summed E-state index contributed by atoms with van der Waals surface area (Å²) in [4.78, 5) is 12.1. The van der Waals surface area contributed by atoms with Crippen molar-refractivity contribution in [3.05, 3.63) is 28.8 Å². The van der Waals surface area contributed by atoms with Gasteiger partial charge in [0, 0.05) is 11.6 Å². The maximum Gasteiger partial charge on any atom is 0.260 e. The number of carbonyl (C=O) groups is 1. The van der Waals surface area contributed by atoms with Crippen molar-refractivity contribution in [1.29, 1.82) is 0 Å². The van der Waals surface area contributed by atoms with Crippen molar-refractivity contribution in [2.24, 2.45) is 5.92 Å². The monoisotopic (exact) mass is 309 g/mol. The van der Waals surface area contributed by atoms with Crippen molar-refractivity contribution >= 4 is 17.5 Å². The zero-order chi connectivity index (χ0) is 15.2. The molecule has 116 valence electrons. The Morgan fingerprint density at radius 2 is 2.10 bits per heavy atom. The molecule has 2 rings (SSSR count). The molecule has 1 aromatic rings. The van der Waals surface area contributed by atoms with E-state index in [1.165, 1.54) is 32.1 Å². The number of rotatable bonds is 5. The summed E-state index contributed by atoms with van der Waals surface area (Å²) in [5, 5.41) is 3.69. The van der Waals surface area contributed by atoms with Gasteiger partial charge in [0.1, 0.15) is 5.75 Å². The number of halogens is 1. The van der Waals surface area contributed by atoms with E-state index in [1.54, 1.807) is 13.0 Å². The van der Waals surface area contributed by atoms with Crippen molar-refractivity contribution in [3.63, 3.8) is 0 Å². The normalized spacial score (nSPS) is 17.3. The average Bonchev–Trinajstić information content (AvgIpc) is 2.48. The van der Waals surface area contributed by atoms with Crippen LogP contribution in [-0.2, 0) is 4.79 Å². The molecule has 0 bridgehead atoms. The van der Waals surface area contributed by atoms with Crippen LogP contribution in [0.4, 0.5) is 0 Å². The minimum Gasteiger partial charge on any atom is -0.481 e. The van der Waals surface area contributed by atoms with Crippen LogP contribution in [0.3, 0.4) is 0 Å². The summed E-state index contributed by atoms with van der Waals surface area (Å²) in [6.07, 6.45) is 5.87. The second-order valence-corrected chi connectivity index (χ2v) is 6.36. The van der Waals surface area contributed by atoms with Crippen LogP contribution in [0, 0.1) is 12.8 Å². The van der Waals surface area contributed by atoms with Crippen LogP contribution >= 0.6 is 11.6 Å². The Kier molecular flexibility index (Phi) is 5.92. The number of ether oxygens (including phenoxy) is 1. The number of carbonyl (C=O) groups excluding carboxylic acids is 1. The van der Waals surface area contributed by atoms with E-state index >= 15 is 0 Å². The van der Waals surface area contributed by atoms with Crippen LogP contribution in [0.25, 0.3) is 0 Å². The van der Waals surface area contributed by atoms with Crippen molar-refractivity contribution in [2.45, 2.75) is 52.1 Å². The molecule has 0 saturated heterocycles. The molecule has 0 unspecified atom stereocenters. The molecule has 21 heavy (non-hydrogen) atoms. The van der Waals surface area contributed by atoms with E-state index in [0.29, 0.717) is 16.7 Å². The first-order valence-corrected chi connectivity index (χ1v) is 8.14. The average molecular weight is 310 g/mol. The molecule has 0 aliphatic heterocycles. The van der Waals surface area contributed by atoms with E-state index in [0.717, 1.165) is 12.1 Å². The molecule has 4 heteroatoms. The number of nitrogens with one attached hydrogen (secondary N) is 1. The van der Waals surface area contributed by atoms with Crippen LogP contribution in [-0.4, -0.2) is 18.6 Å². The smallest absolute Gasteiger partial charge is 0.260 e. The van der Waals surface area contributed by atoms with Gasteiger partial charge in [0.2, 0.25) is 0 Å². The molecule has 1 aromatic carbocycles. The number of hydrogen-bond donors (Lipinski definition) is 1. The summed E-state index contributed by atoms with van der Waals surface area (Å²) in [5.74, 6) is 1.29. The van der Waals surface area contributed by atoms with Crippen LogP contribution in [0.1, 0.15) is 44.6 Å². The fourth-order valence-corrected chi connectivity index (χ4v) is 3.00. The lowest BCUT2D eigenvalue weighted by Crippen LogP contribution is -2.39. The van der Waals surface area contributed by atoms with Gasteiger partial charge in [-0.3, -0.25) is 4.79 Å². The topological polar surface area (TPSA) is 38.3 Å². The molecule has 0 heterocycles. The Morgan fingerprint density at radius 3 is 2.76 bits per heavy atom. The summed E-state index contributed by atoms with van der Waals surface area (Å²) >= 11 is 5.92. The highest BCUT2D eigenvalue weighted by Crippen LogP contribution is 2.24. The van der Waals surface area contributed by atoms with Crippen molar-refractivity contribution in [2.75, 3.05) is 6.54 Å². The Morgan fingerprint density at radius 1 is 1.38 bits per heavy atom. The van der Waals surface area contributed by atoms with Crippen LogP contribution < -0.4 is 10.1 Å². The van der Waals surface area contributed by atoms with Gasteiger partial charge in [0.15, 0.2) is 6.10 Å². The first-order valence-electron chi connectivity index (χ1n) is 7.77. The maximum absolute atomic E-state index is 12.1. The van der Waals surface area contributed by atoms with Crippen molar-refractivity contribution in [1.82, 2.24) is 5.32 Å². The third-order valence-electron chi connectivity index (χ3n) is 4.10. The zero-order valence-corrected chi connectivity index (χ0v) is 13.6. The first-order chi connectivity index (χ1) is 10.1. The molecule has 1 fully saturated rings. The maximum atomic E-state index is 12.1. The highest BCUT2D eigenvalue weighted by atomic mass is 35.5. The fourth-order valence-electron chi connectivity index (χ4n) is 2.77. The van der Waals surface area contributed by atoms with Gasteiger partial charge < -0.3 is 10.1 Å². The minimum atomic E-state index is -0.492. The molecule has 1 saturated carbocycles. The molecule has 0 aromatic heterocycles. The molecule has 1 amide bonds. The van der Waals surface area contributed by atoms with Gasteiger partial charge in [-0.25, -0.2) is 0 Å². The van der Waals surface area contributed by atoms with Gasteiger partial charge in [-0.05, 0) is 56.4 Å². The van der Waals surface area contributed by atoms with Gasteiger partial charge >= 0.3 is 0 Å². The number of aryl methyl sites for hydroxylation is 1. The quantitative estimate of drug-likeness (QED) is 0.889. The Labute approximate surface area is 132 Å². The highest BCUT2D eigenvalue weighted by Gasteiger charge is 2.18. The molecule has 1 N–H and O–H groups in total.